The molecule has 23 heavy (non-hydrogen) atoms. The number of hydrogen-bond acceptors (Lipinski definition) is 2. The molecule has 0 N–H and O–H groups in total. The van der Waals surface area contributed by atoms with E-state index in [1.54, 1.807) is 0 Å². The Morgan fingerprint density at radius 1 is 0.870 bits per heavy atom. The van der Waals surface area contributed by atoms with Gasteiger partial charge in [0.2, 0.25) is 0 Å². The molecule has 1 atom stereocenters. The standard InChI is InChI=1S/C21H24N2/c1-2-6-17(7-3-1)18-10-12-19(13-11-18)20-8-5-15-23(16-20)21-9-4-14-22-21/h1-3,6-7,10-13,20H,4-5,8-9,14-16H2/t20-/m0/s1. The van der Waals surface area contributed by atoms with Gasteiger partial charge in [0, 0.05) is 32.0 Å². The third-order valence-electron chi connectivity index (χ3n) is 5.13. The lowest BCUT2D eigenvalue weighted by atomic mass is 9.89. The molecule has 0 saturated carbocycles. The largest absolute Gasteiger partial charge is 0.360 e. The van der Waals surface area contributed by atoms with E-state index in [0.717, 1.165) is 13.1 Å². The lowest BCUT2D eigenvalue weighted by molar-refractivity contribution is 0.306. The zero-order chi connectivity index (χ0) is 15.5. The second-order valence-electron chi connectivity index (χ2n) is 6.67. The monoisotopic (exact) mass is 304 g/mol. The summed E-state index contributed by atoms with van der Waals surface area (Å²) in [6.45, 7) is 3.36. The van der Waals surface area contributed by atoms with Crippen LogP contribution in [0.4, 0.5) is 0 Å². The van der Waals surface area contributed by atoms with Gasteiger partial charge in [-0.1, -0.05) is 54.6 Å². The normalized spacial score (nSPS) is 21.3. The average molecular weight is 304 g/mol. The smallest absolute Gasteiger partial charge is 0.0989 e. The Morgan fingerprint density at radius 3 is 2.39 bits per heavy atom. The Balaban J connectivity index is 1.49. The van der Waals surface area contributed by atoms with Crippen molar-refractivity contribution in [3.8, 4) is 11.1 Å². The highest BCUT2D eigenvalue weighted by molar-refractivity contribution is 5.83. The molecule has 2 heteroatoms. The van der Waals surface area contributed by atoms with Crippen molar-refractivity contribution in [1.82, 2.24) is 4.90 Å². The Hall–Kier alpha value is -2.09. The summed E-state index contributed by atoms with van der Waals surface area (Å²) < 4.78 is 0. The Labute approximate surface area is 138 Å². The molecule has 118 valence electrons. The van der Waals surface area contributed by atoms with E-state index < -0.39 is 0 Å². The maximum absolute atomic E-state index is 4.68. The Bertz CT molecular complexity index is 673. The number of aliphatic imine (C=N–C) groups is 1. The summed E-state index contributed by atoms with van der Waals surface area (Å²) in [5.41, 5.74) is 4.08. The SMILES string of the molecule is c1ccc(-c2ccc([C@H]3CCCN(C4=NCCC4)C3)cc2)cc1. The van der Waals surface area contributed by atoms with Crippen molar-refractivity contribution in [3.63, 3.8) is 0 Å². The minimum atomic E-state index is 0.650. The molecule has 0 bridgehead atoms. The fourth-order valence-electron chi connectivity index (χ4n) is 3.84. The minimum Gasteiger partial charge on any atom is -0.360 e. The fourth-order valence-corrected chi connectivity index (χ4v) is 3.84. The highest BCUT2D eigenvalue weighted by atomic mass is 15.2. The molecule has 0 aliphatic carbocycles. The number of likely N-dealkylation sites (tertiary alicyclic amines) is 1. The van der Waals surface area contributed by atoms with Gasteiger partial charge in [0.25, 0.3) is 0 Å². The first-order chi connectivity index (χ1) is 11.4. The van der Waals surface area contributed by atoms with Crippen LogP contribution in [0.25, 0.3) is 11.1 Å². The van der Waals surface area contributed by atoms with Crippen LogP contribution in [0.5, 0.6) is 0 Å². The molecule has 0 unspecified atom stereocenters. The summed E-state index contributed by atoms with van der Waals surface area (Å²) in [5.74, 6) is 2.01. The van der Waals surface area contributed by atoms with Crippen molar-refractivity contribution < 1.29 is 0 Å². The first kappa shape index (κ1) is 14.5. The zero-order valence-electron chi connectivity index (χ0n) is 13.6. The van der Waals surface area contributed by atoms with Crippen LogP contribution >= 0.6 is 0 Å². The number of rotatable bonds is 2. The summed E-state index contributed by atoms with van der Waals surface area (Å²) in [7, 11) is 0. The van der Waals surface area contributed by atoms with Gasteiger partial charge >= 0.3 is 0 Å². The number of nitrogens with zero attached hydrogens (tertiary/aromatic N) is 2. The van der Waals surface area contributed by atoms with Gasteiger partial charge in [0.15, 0.2) is 0 Å². The van der Waals surface area contributed by atoms with Crippen molar-refractivity contribution >= 4 is 5.84 Å². The third kappa shape index (κ3) is 3.17. The maximum Gasteiger partial charge on any atom is 0.0989 e. The number of hydrogen-bond donors (Lipinski definition) is 0. The van der Waals surface area contributed by atoms with Gasteiger partial charge in [0.1, 0.15) is 0 Å². The summed E-state index contributed by atoms with van der Waals surface area (Å²) in [6.07, 6.45) is 5.00. The quantitative estimate of drug-likeness (QED) is 0.783. The van der Waals surface area contributed by atoms with Crippen LogP contribution in [0.15, 0.2) is 59.6 Å². The van der Waals surface area contributed by atoms with Gasteiger partial charge in [-0.3, -0.25) is 4.99 Å². The van der Waals surface area contributed by atoms with Crippen LogP contribution in [0.2, 0.25) is 0 Å². The molecule has 0 radical (unpaired) electrons. The van der Waals surface area contributed by atoms with E-state index in [1.165, 1.54) is 54.8 Å². The van der Waals surface area contributed by atoms with E-state index in [1.807, 2.05) is 0 Å². The molecule has 2 aliphatic rings. The molecule has 2 nitrogen and oxygen atoms in total. The van der Waals surface area contributed by atoms with Crippen LogP contribution in [0.3, 0.4) is 0 Å². The summed E-state index contributed by atoms with van der Waals surface area (Å²) in [5, 5.41) is 0. The average Bonchev–Trinajstić information content (AvgIpc) is 3.18. The molecule has 2 aromatic rings. The topological polar surface area (TPSA) is 15.6 Å². The molecule has 0 aromatic heterocycles. The van der Waals surface area contributed by atoms with E-state index in [-0.39, 0.29) is 0 Å². The van der Waals surface area contributed by atoms with Gasteiger partial charge in [-0.2, -0.15) is 0 Å². The number of piperidine rings is 1. The predicted molar refractivity (Wildman–Crippen MR) is 97.0 cm³/mol. The summed E-state index contributed by atoms with van der Waals surface area (Å²) in [4.78, 5) is 7.22. The molecule has 2 aromatic carbocycles. The molecule has 4 rings (SSSR count). The van der Waals surface area contributed by atoms with E-state index in [4.69, 9.17) is 0 Å². The third-order valence-corrected chi connectivity index (χ3v) is 5.13. The maximum atomic E-state index is 4.68. The van der Waals surface area contributed by atoms with E-state index >= 15 is 0 Å². The highest BCUT2D eigenvalue weighted by Crippen LogP contribution is 2.30. The second-order valence-corrected chi connectivity index (χ2v) is 6.67. The van der Waals surface area contributed by atoms with Gasteiger partial charge in [-0.15, -0.1) is 0 Å². The van der Waals surface area contributed by atoms with Gasteiger partial charge in [0.05, 0.1) is 5.84 Å². The number of benzene rings is 2. The molecule has 2 heterocycles. The Morgan fingerprint density at radius 2 is 1.65 bits per heavy atom. The van der Waals surface area contributed by atoms with Crippen molar-refractivity contribution in [2.24, 2.45) is 4.99 Å². The Kier molecular flexibility index (Phi) is 4.14. The van der Waals surface area contributed by atoms with Crippen molar-refractivity contribution in [3.05, 3.63) is 60.2 Å². The summed E-state index contributed by atoms with van der Waals surface area (Å²) in [6, 6.07) is 19.8. The molecule has 1 fully saturated rings. The van der Waals surface area contributed by atoms with E-state index in [9.17, 15) is 0 Å². The second kappa shape index (κ2) is 6.57. The van der Waals surface area contributed by atoms with Crippen molar-refractivity contribution in [2.45, 2.75) is 31.6 Å². The highest BCUT2D eigenvalue weighted by Gasteiger charge is 2.24. The molecular formula is C21H24N2. The lowest BCUT2D eigenvalue weighted by Gasteiger charge is -2.34. The first-order valence-corrected chi connectivity index (χ1v) is 8.84. The number of amidine groups is 1. The van der Waals surface area contributed by atoms with Crippen LogP contribution in [0, 0.1) is 0 Å². The molecule has 0 spiro atoms. The minimum absolute atomic E-state index is 0.650. The molecule has 2 aliphatic heterocycles. The molecular weight excluding hydrogens is 280 g/mol. The van der Waals surface area contributed by atoms with Gasteiger partial charge < -0.3 is 4.90 Å². The van der Waals surface area contributed by atoms with Crippen molar-refractivity contribution in [2.75, 3.05) is 19.6 Å². The predicted octanol–water partition coefficient (Wildman–Crippen LogP) is 4.73. The summed E-state index contributed by atoms with van der Waals surface area (Å²) >= 11 is 0. The van der Waals surface area contributed by atoms with Crippen LogP contribution in [0.1, 0.15) is 37.2 Å². The van der Waals surface area contributed by atoms with E-state index in [2.05, 4.69) is 64.5 Å². The van der Waals surface area contributed by atoms with Crippen LogP contribution in [-0.2, 0) is 0 Å². The van der Waals surface area contributed by atoms with Gasteiger partial charge in [-0.25, -0.2) is 0 Å². The van der Waals surface area contributed by atoms with Crippen LogP contribution in [-0.4, -0.2) is 30.4 Å². The fraction of sp³-hybridized carbons (Fsp3) is 0.381. The zero-order valence-corrected chi connectivity index (χ0v) is 13.6. The van der Waals surface area contributed by atoms with Gasteiger partial charge in [-0.05, 0) is 36.0 Å². The van der Waals surface area contributed by atoms with Crippen molar-refractivity contribution in [1.29, 1.82) is 0 Å². The molecule has 1 saturated heterocycles. The first-order valence-electron chi connectivity index (χ1n) is 8.84. The van der Waals surface area contributed by atoms with E-state index in [0.29, 0.717) is 5.92 Å². The molecule has 0 amide bonds. The lowest BCUT2D eigenvalue weighted by Crippen LogP contribution is -2.38. The van der Waals surface area contributed by atoms with Crippen LogP contribution < -0.4 is 0 Å².